The summed E-state index contributed by atoms with van der Waals surface area (Å²) in [5.74, 6) is 2.02. The van der Waals surface area contributed by atoms with E-state index in [1.165, 1.54) is 12.8 Å². The van der Waals surface area contributed by atoms with E-state index in [2.05, 4.69) is 12.1 Å². The maximum absolute atomic E-state index is 8.86. The van der Waals surface area contributed by atoms with Crippen molar-refractivity contribution in [1.29, 1.82) is 0 Å². The SMILES string of the molecule is COc1ccc(/C(N)=N/O)c(OC2CCCC(C)C2)c1. The topological polar surface area (TPSA) is 77.1 Å². The molecule has 2 atom stereocenters. The third-order valence-corrected chi connectivity index (χ3v) is 3.75. The van der Waals surface area contributed by atoms with Crippen molar-refractivity contribution in [2.45, 2.75) is 38.7 Å². The molecule has 0 aromatic heterocycles. The summed E-state index contributed by atoms with van der Waals surface area (Å²) in [6.45, 7) is 2.24. The molecule has 20 heavy (non-hydrogen) atoms. The number of rotatable bonds is 4. The van der Waals surface area contributed by atoms with E-state index in [1.807, 2.05) is 0 Å². The predicted molar refractivity (Wildman–Crippen MR) is 77.6 cm³/mol. The van der Waals surface area contributed by atoms with Crippen LogP contribution in [0.2, 0.25) is 0 Å². The lowest BCUT2D eigenvalue weighted by Gasteiger charge is -2.28. The van der Waals surface area contributed by atoms with Crippen LogP contribution in [0.1, 0.15) is 38.2 Å². The molecule has 1 aliphatic rings. The molecule has 1 saturated carbocycles. The number of nitrogens with zero attached hydrogens (tertiary/aromatic N) is 1. The summed E-state index contributed by atoms with van der Waals surface area (Å²) in [4.78, 5) is 0. The zero-order chi connectivity index (χ0) is 14.5. The first-order chi connectivity index (χ1) is 9.63. The van der Waals surface area contributed by atoms with Crippen molar-refractivity contribution in [2.75, 3.05) is 7.11 Å². The first-order valence-electron chi connectivity index (χ1n) is 6.96. The van der Waals surface area contributed by atoms with Crippen LogP contribution < -0.4 is 15.2 Å². The number of hydrogen-bond acceptors (Lipinski definition) is 4. The van der Waals surface area contributed by atoms with Crippen LogP contribution in [0.15, 0.2) is 23.4 Å². The summed E-state index contributed by atoms with van der Waals surface area (Å²) in [6.07, 6.45) is 4.68. The van der Waals surface area contributed by atoms with Crippen LogP contribution in [-0.4, -0.2) is 24.3 Å². The van der Waals surface area contributed by atoms with Gasteiger partial charge in [-0.1, -0.05) is 18.5 Å². The number of nitrogens with two attached hydrogens (primary N) is 1. The highest BCUT2D eigenvalue weighted by Gasteiger charge is 2.22. The van der Waals surface area contributed by atoms with Crippen molar-refractivity contribution in [3.05, 3.63) is 23.8 Å². The molecule has 110 valence electrons. The fourth-order valence-electron chi connectivity index (χ4n) is 2.66. The summed E-state index contributed by atoms with van der Waals surface area (Å²) in [6, 6.07) is 5.30. The van der Waals surface area contributed by atoms with Gasteiger partial charge < -0.3 is 20.4 Å². The Balaban J connectivity index is 2.23. The monoisotopic (exact) mass is 278 g/mol. The van der Waals surface area contributed by atoms with E-state index in [1.54, 1.807) is 25.3 Å². The van der Waals surface area contributed by atoms with Gasteiger partial charge in [0.1, 0.15) is 11.5 Å². The second-order valence-corrected chi connectivity index (χ2v) is 5.36. The van der Waals surface area contributed by atoms with E-state index in [-0.39, 0.29) is 11.9 Å². The van der Waals surface area contributed by atoms with Crippen LogP contribution in [0.25, 0.3) is 0 Å². The van der Waals surface area contributed by atoms with Gasteiger partial charge in [-0.2, -0.15) is 0 Å². The molecule has 0 heterocycles. The maximum atomic E-state index is 8.86. The largest absolute Gasteiger partial charge is 0.497 e. The van der Waals surface area contributed by atoms with Gasteiger partial charge in [-0.3, -0.25) is 0 Å². The van der Waals surface area contributed by atoms with Crippen molar-refractivity contribution in [2.24, 2.45) is 16.8 Å². The number of methoxy groups -OCH3 is 1. The summed E-state index contributed by atoms with van der Waals surface area (Å²) in [5.41, 5.74) is 6.29. The molecule has 1 aliphatic carbocycles. The minimum absolute atomic E-state index is 0.0477. The summed E-state index contributed by atoms with van der Waals surface area (Å²) in [7, 11) is 1.60. The second-order valence-electron chi connectivity index (χ2n) is 5.36. The first-order valence-corrected chi connectivity index (χ1v) is 6.96. The van der Waals surface area contributed by atoms with E-state index in [0.717, 1.165) is 12.8 Å². The highest BCUT2D eigenvalue weighted by molar-refractivity contribution is 5.99. The molecule has 0 bridgehead atoms. The van der Waals surface area contributed by atoms with Gasteiger partial charge >= 0.3 is 0 Å². The Bertz CT molecular complexity index is 488. The van der Waals surface area contributed by atoms with E-state index < -0.39 is 0 Å². The van der Waals surface area contributed by atoms with E-state index in [4.69, 9.17) is 20.4 Å². The average Bonchev–Trinajstić information content (AvgIpc) is 2.46. The first kappa shape index (κ1) is 14.5. The van der Waals surface area contributed by atoms with E-state index in [0.29, 0.717) is 23.0 Å². The molecular weight excluding hydrogens is 256 g/mol. The van der Waals surface area contributed by atoms with Gasteiger partial charge in [0.05, 0.1) is 18.8 Å². The quantitative estimate of drug-likeness (QED) is 0.384. The van der Waals surface area contributed by atoms with Gasteiger partial charge in [-0.25, -0.2) is 0 Å². The standard InChI is InChI=1S/C15H22N2O3/c1-10-4-3-5-12(8-10)20-14-9-11(19-2)6-7-13(14)15(16)17-18/h6-7,9-10,12,18H,3-5,8H2,1-2H3,(H2,16,17). The van der Waals surface area contributed by atoms with Crippen LogP contribution in [0.5, 0.6) is 11.5 Å². The molecule has 1 aromatic rings. The van der Waals surface area contributed by atoms with Crippen LogP contribution >= 0.6 is 0 Å². The van der Waals surface area contributed by atoms with Crippen LogP contribution in [0.3, 0.4) is 0 Å². The number of ether oxygens (including phenoxy) is 2. The maximum Gasteiger partial charge on any atom is 0.173 e. The molecule has 0 radical (unpaired) electrons. The Morgan fingerprint density at radius 3 is 2.85 bits per heavy atom. The van der Waals surface area contributed by atoms with E-state index >= 15 is 0 Å². The van der Waals surface area contributed by atoms with Crippen LogP contribution in [-0.2, 0) is 0 Å². The summed E-state index contributed by atoms with van der Waals surface area (Å²) in [5, 5.41) is 11.9. The molecule has 0 aliphatic heterocycles. The molecule has 0 saturated heterocycles. The Hall–Kier alpha value is -1.91. The van der Waals surface area contributed by atoms with Gasteiger partial charge in [-0.05, 0) is 37.3 Å². The van der Waals surface area contributed by atoms with Crippen LogP contribution in [0.4, 0.5) is 0 Å². The smallest absolute Gasteiger partial charge is 0.173 e. The lowest BCUT2D eigenvalue weighted by atomic mass is 9.88. The summed E-state index contributed by atoms with van der Waals surface area (Å²) < 4.78 is 11.3. The second kappa shape index (κ2) is 6.50. The minimum Gasteiger partial charge on any atom is -0.497 e. The molecule has 3 N–H and O–H groups in total. The number of oxime groups is 1. The minimum atomic E-state index is 0.0477. The van der Waals surface area contributed by atoms with Gasteiger partial charge in [0.25, 0.3) is 0 Å². The van der Waals surface area contributed by atoms with Crippen molar-refractivity contribution < 1.29 is 14.7 Å². The Labute approximate surface area is 119 Å². The molecular formula is C15H22N2O3. The highest BCUT2D eigenvalue weighted by atomic mass is 16.5. The van der Waals surface area contributed by atoms with E-state index in [9.17, 15) is 0 Å². The zero-order valence-electron chi connectivity index (χ0n) is 12.0. The van der Waals surface area contributed by atoms with Crippen molar-refractivity contribution >= 4 is 5.84 Å². The molecule has 0 spiro atoms. The normalized spacial score (nSPS) is 23.4. The third-order valence-electron chi connectivity index (χ3n) is 3.75. The van der Waals surface area contributed by atoms with Gasteiger partial charge in [-0.15, -0.1) is 0 Å². The highest BCUT2D eigenvalue weighted by Crippen LogP contribution is 2.31. The third kappa shape index (κ3) is 3.35. The van der Waals surface area contributed by atoms with Crippen molar-refractivity contribution in [3.63, 3.8) is 0 Å². The van der Waals surface area contributed by atoms with Gasteiger partial charge in [0.15, 0.2) is 5.84 Å². The van der Waals surface area contributed by atoms with Crippen molar-refractivity contribution in [1.82, 2.24) is 0 Å². The molecule has 5 heteroatoms. The zero-order valence-corrected chi connectivity index (χ0v) is 12.0. The average molecular weight is 278 g/mol. The summed E-state index contributed by atoms with van der Waals surface area (Å²) >= 11 is 0. The number of hydrogen-bond donors (Lipinski definition) is 2. The van der Waals surface area contributed by atoms with Crippen LogP contribution in [0, 0.1) is 5.92 Å². The molecule has 2 unspecified atom stereocenters. The lowest BCUT2D eigenvalue weighted by Crippen LogP contribution is -2.25. The Morgan fingerprint density at radius 2 is 2.20 bits per heavy atom. The Morgan fingerprint density at radius 1 is 1.40 bits per heavy atom. The molecule has 5 nitrogen and oxygen atoms in total. The molecule has 1 fully saturated rings. The number of amidine groups is 1. The lowest BCUT2D eigenvalue weighted by molar-refractivity contribution is 0.128. The molecule has 1 aromatic carbocycles. The predicted octanol–water partition coefficient (Wildman–Crippen LogP) is 2.75. The Kier molecular flexibility index (Phi) is 4.71. The molecule has 2 rings (SSSR count). The van der Waals surface area contributed by atoms with Crippen molar-refractivity contribution in [3.8, 4) is 11.5 Å². The fraction of sp³-hybridized carbons (Fsp3) is 0.533. The molecule has 0 amide bonds. The van der Waals surface area contributed by atoms with Gasteiger partial charge in [0, 0.05) is 6.07 Å². The fourth-order valence-corrected chi connectivity index (χ4v) is 2.66. The number of benzene rings is 1. The van der Waals surface area contributed by atoms with Gasteiger partial charge in [0.2, 0.25) is 0 Å².